The molecule has 0 fully saturated rings. The van der Waals surface area contributed by atoms with Gasteiger partial charge < -0.3 is 9.47 Å². The van der Waals surface area contributed by atoms with Crippen LogP contribution in [0.25, 0.3) is 0 Å². The summed E-state index contributed by atoms with van der Waals surface area (Å²) in [5.74, 6) is -1.83. The normalized spacial score (nSPS) is 15.9. The summed E-state index contributed by atoms with van der Waals surface area (Å²) in [5, 5.41) is 0. The topological polar surface area (TPSA) is 86.7 Å². The van der Waals surface area contributed by atoms with E-state index >= 15 is 0 Å². The van der Waals surface area contributed by atoms with Crippen LogP contribution in [0.1, 0.15) is 142 Å². The van der Waals surface area contributed by atoms with E-state index in [2.05, 4.69) is 9.47 Å². The van der Waals surface area contributed by atoms with Crippen LogP contribution in [0.4, 0.5) is 0 Å². The summed E-state index contributed by atoms with van der Waals surface area (Å²) in [5.41, 5.74) is 2.14. The lowest BCUT2D eigenvalue weighted by Gasteiger charge is -2.04. The van der Waals surface area contributed by atoms with E-state index in [0.29, 0.717) is 35.1 Å². The molecule has 0 aromatic rings. The number of hydrogen-bond acceptors (Lipinski definition) is 6. The summed E-state index contributed by atoms with van der Waals surface area (Å²) < 4.78 is 9.25. The number of carbonyl (C=O) groups excluding carboxylic acids is 4. The maximum absolute atomic E-state index is 11.6. The van der Waals surface area contributed by atoms with Gasteiger partial charge in [-0.2, -0.15) is 0 Å². The summed E-state index contributed by atoms with van der Waals surface area (Å²) >= 11 is 0. The van der Waals surface area contributed by atoms with Gasteiger partial charge in [0.15, 0.2) is 0 Å². The van der Waals surface area contributed by atoms with Gasteiger partial charge in [-0.3, -0.25) is 0 Å². The highest BCUT2D eigenvalue weighted by Gasteiger charge is 2.29. The largest absolute Gasteiger partial charge is 0.386 e. The Morgan fingerprint density at radius 2 is 0.583 bits per heavy atom. The lowest BCUT2D eigenvalue weighted by molar-refractivity contribution is -0.152. The van der Waals surface area contributed by atoms with Gasteiger partial charge in [0.25, 0.3) is 0 Å². The Hall–Kier alpha value is -2.24. The van der Waals surface area contributed by atoms with Crippen LogP contribution in [0.2, 0.25) is 0 Å². The minimum Gasteiger partial charge on any atom is -0.386 e. The average Bonchev–Trinajstić information content (AvgIpc) is 3.24. The van der Waals surface area contributed by atoms with E-state index in [4.69, 9.17) is 0 Å². The molecular formula is C30H46O6. The molecule has 0 N–H and O–H groups in total. The third-order valence-electron chi connectivity index (χ3n) is 7.48. The molecule has 2 rings (SSSR count). The van der Waals surface area contributed by atoms with Gasteiger partial charge in [0.1, 0.15) is 0 Å². The fraction of sp³-hybridized carbons (Fsp3) is 0.733. The van der Waals surface area contributed by atoms with Gasteiger partial charge in [-0.15, -0.1) is 0 Å². The van der Waals surface area contributed by atoms with Crippen LogP contribution in [0, 0.1) is 0 Å². The van der Waals surface area contributed by atoms with Crippen LogP contribution in [-0.2, 0) is 28.7 Å². The number of cyclic esters (lactones) is 4. The van der Waals surface area contributed by atoms with E-state index < -0.39 is 23.9 Å². The van der Waals surface area contributed by atoms with Crippen molar-refractivity contribution in [1.29, 1.82) is 0 Å². The van der Waals surface area contributed by atoms with Gasteiger partial charge in [0.2, 0.25) is 0 Å². The van der Waals surface area contributed by atoms with E-state index in [1.54, 1.807) is 13.8 Å². The summed E-state index contributed by atoms with van der Waals surface area (Å²) in [7, 11) is 0. The first-order chi connectivity index (χ1) is 17.4. The molecule has 6 heteroatoms. The highest BCUT2D eigenvalue weighted by atomic mass is 16.6. The molecule has 0 atom stereocenters. The van der Waals surface area contributed by atoms with Crippen LogP contribution in [-0.4, -0.2) is 23.9 Å². The van der Waals surface area contributed by atoms with Crippen molar-refractivity contribution in [2.45, 2.75) is 142 Å². The summed E-state index contributed by atoms with van der Waals surface area (Å²) in [6.07, 6.45) is 23.6. The number of esters is 4. The van der Waals surface area contributed by atoms with E-state index in [1.807, 2.05) is 0 Å². The molecule has 36 heavy (non-hydrogen) atoms. The van der Waals surface area contributed by atoms with Gasteiger partial charge in [-0.1, -0.05) is 103 Å². The maximum atomic E-state index is 11.6. The molecule has 0 saturated carbocycles. The van der Waals surface area contributed by atoms with Crippen molar-refractivity contribution in [3.8, 4) is 0 Å². The second-order valence-electron chi connectivity index (χ2n) is 10.4. The highest BCUT2D eigenvalue weighted by Crippen LogP contribution is 2.24. The molecule has 0 bridgehead atoms. The van der Waals surface area contributed by atoms with E-state index in [-0.39, 0.29) is 0 Å². The predicted octanol–water partition coefficient (Wildman–Crippen LogP) is 7.59. The van der Waals surface area contributed by atoms with Crippen molar-refractivity contribution in [2.24, 2.45) is 0 Å². The molecule has 0 radical (unpaired) electrons. The lowest BCUT2D eigenvalue weighted by atomic mass is 10.0. The maximum Gasteiger partial charge on any atom is 0.342 e. The molecule has 0 aromatic heterocycles. The molecule has 2 heterocycles. The first kappa shape index (κ1) is 30.0. The predicted molar refractivity (Wildman–Crippen MR) is 140 cm³/mol. The molecule has 0 spiro atoms. The molecule has 0 aliphatic carbocycles. The molecule has 2 aliphatic heterocycles. The molecule has 6 nitrogen and oxygen atoms in total. The van der Waals surface area contributed by atoms with Crippen LogP contribution in [0.3, 0.4) is 0 Å². The Morgan fingerprint density at radius 1 is 0.361 bits per heavy atom. The van der Waals surface area contributed by atoms with Crippen LogP contribution >= 0.6 is 0 Å². The summed E-state index contributed by atoms with van der Waals surface area (Å²) in [6, 6.07) is 0. The van der Waals surface area contributed by atoms with E-state index in [9.17, 15) is 19.2 Å². The molecule has 0 aromatic carbocycles. The Labute approximate surface area is 217 Å². The fourth-order valence-electron chi connectivity index (χ4n) is 5.01. The second kappa shape index (κ2) is 17.3. The van der Waals surface area contributed by atoms with Crippen LogP contribution < -0.4 is 0 Å². The summed E-state index contributed by atoms with van der Waals surface area (Å²) in [4.78, 5) is 45.8. The number of carbonyl (C=O) groups is 4. The van der Waals surface area contributed by atoms with Crippen molar-refractivity contribution in [1.82, 2.24) is 0 Å². The number of unbranched alkanes of at least 4 members (excludes halogenated alkanes) is 17. The molecule has 2 aliphatic rings. The monoisotopic (exact) mass is 502 g/mol. The van der Waals surface area contributed by atoms with Crippen molar-refractivity contribution < 1.29 is 28.7 Å². The Bertz CT molecular complexity index is 751. The minimum absolute atomic E-state index is 0.441. The number of ether oxygens (including phenoxy) is 2. The highest BCUT2D eigenvalue weighted by molar-refractivity contribution is 6.12. The zero-order valence-electron chi connectivity index (χ0n) is 22.6. The van der Waals surface area contributed by atoms with Crippen molar-refractivity contribution >= 4 is 23.9 Å². The first-order valence-electron chi connectivity index (χ1n) is 14.3. The second-order valence-corrected chi connectivity index (χ2v) is 10.4. The smallest absolute Gasteiger partial charge is 0.342 e. The van der Waals surface area contributed by atoms with Gasteiger partial charge in [-0.25, -0.2) is 19.2 Å². The Balaban J connectivity index is 1.26. The van der Waals surface area contributed by atoms with Crippen LogP contribution in [0.15, 0.2) is 22.3 Å². The molecule has 0 amide bonds. The van der Waals surface area contributed by atoms with Gasteiger partial charge in [0.05, 0.1) is 0 Å². The van der Waals surface area contributed by atoms with Crippen molar-refractivity contribution in [3.05, 3.63) is 22.3 Å². The Morgan fingerprint density at radius 3 is 0.778 bits per heavy atom. The zero-order chi connectivity index (χ0) is 26.2. The number of hydrogen-bond donors (Lipinski definition) is 0. The quantitative estimate of drug-likeness (QED) is 0.0913. The van der Waals surface area contributed by atoms with Crippen molar-refractivity contribution in [2.75, 3.05) is 0 Å². The fourth-order valence-corrected chi connectivity index (χ4v) is 5.01. The minimum atomic E-state index is -0.474. The average molecular weight is 503 g/mol. The zero-order valence-corrected chi connectivity index (χ0v) is 22.6. The van der Waals surface area contributed by atoms with Crippen LogP contribution in [0.5, 0.6) is 0 Å². The molecule has 0 unspecified atom stereocenters. The molecular weight excluding hydrogens is 456 g/mol. The third-order valence-corrected chi connectivity index (χ3v) is 7.48. The van der Waals surface area contributed by atoms with E-state index in [0.717, 1.165) is 25.7 Å². The standard InChI is InChI=1S/C30H46O6/c1-23-25(29(33)35-27(23)31)21-19-17-15-13-11-9-7-5-3-4-6-8-10-12-14-16-18-20-22-26-24(2)28(32)36-30(26)34/h3-22H2,1-2H3. The molecule has 202 valence electrons. The lowest BCUT2D eigenvalue weighted by Crippen LogP contribution is -2.02. The third kappa shape index (κ3) is 10.8. The number of rotatable bonds is 21. The van der Waals surface area contributed by atoms with E-state index in [1.165, 1.54) is 89.9 Å². The SMILES string of the molecule is CC1=C(CCCCCCCCCCCCCCCCCCCCC2=C(C)C(=O)OC2=O)C(=O)OC1=O. The van der Waals surface area contributed by atoms with Gasteiger partial charge in [0, 0.05) is 22.3 Å². The first-order valence-corrected chi connectivity index (χ1v) is 14.3. The van der Waals surface area contributed by atoms with Gasteiger partial charge in [-0.05, 0) is 39.5 Å². The summed E-state index contributed by atoms with van der Waals surface area (Å²) in [6.45, 7) is 3.36. The molecule has 0 saturated heterocycles. The Kier molecular flexibility index (Phi) is 14.4. The van der Waals surface area contributed by atoms with Gasteiger partial charge >= 0.3 is 23.9 Å². The van der Waals surface area contributed by atoms with Crippen molar-refractivity contribution in [3.63, 3.8) is 0 Å².